The molecule has 3 N–H and O–H groups in total. The van der Waals surface area contributed by atoms with Crippen molar-refractivity contribution in [1.29, 1.82) is 0 Å². The van der Waals surface area contributed by atoms with Crippen molar-refractivity contribution < 1.29 is 14.3 Å². The molecule has 8 nitrogen and oxygen atoms in total. The number of H-pyrrole nitrogens is 1. The van der Waals surface area contributed by atoms with E-state index >= 15 is 0 Å². The molecule has 0 radical (unpaired) electrons. The van der Waals surface area contributed by atoms with Gasteiger partial charge in [0.15, 0.2) is 5.75 Å². The molecule has 1 amide bonds. The lowest BCUT2D eigenvalue weighted by Gasteiger charge is -2.32. The van der Waals surface area contributed by atoms with E-state index in [1.807, 2.05) is 25.1 Å². The number of ether oxygens (including phenoxy) is 2. The minimum absolute atomic E-state index is 0.0278. The highest BCUT2D eigenvalue weighted by Gasteiger charge is 2.31. The fraction of sp³-hybridized carbons (Fsp3) is 0.407. The van der Waals surface area contributed by atoms with Crippen molar-refractivity contribution >= 4 is 28.9 Å². The lowest BCUT2D eigenvalue weighted by molar-refractivity contribution is 0.0930. The second-order valence-corrected chi connectivity index (χ2v) is 9.97. The Hall–Kier alpha value is -3.23. The van der Waals surface area contributed by atoms with Gasteiger partial charge in [0.25, 0.3) is 5.91 Å². The zero-order chi connectivity index (χ0) is 25.2. The van der Waals surface area contributed by atoms with Crippen LogP contribution in [0.3, 0.4) is 0 Å². The van der Waals surface area contributed by atoms with Crippen molar-refractivity contribution in [3.05, 3.63) is 52.9 Å². The molecule has 0 unspecified atom stereocenters. The number of likely N-dealkylation sites (N-methyl/N-ethyl adjacent to an activating group) is 1. The molecule has 0 saturated carbocycles. The molecular formula is C27H32ClN5O3. The predicted octanol–water partition coefficient (Wildman–Crippen LogP) is 5.02. The second kappa shape index (κ2) is 10.4. The van der Waals surface area contributed by atoms with Gasteiger partial charge < -0.3 is 30.0 Å². The van der Waals surface area contributed by atoms with Gasteiger partial charge in [0.1, 0.15) is 12.4 Å². The molecule has 1 aromatic carbocycles. The summed E-state index contributed by atoms with van der Waals surface area (Å²) >= 11 is 6.39. The lowest BCUT2D eigenvalue weighted by Crippen LogP contribution is -2.40. The van der Waals surface area contributed by atoms with Gasteiger partial charge in [-0.3, -0.25) is 9.78 Å². The fourth-order valence-electron chi connectivity index (χ4n) is 5.13. The summed E-state index contributed by atoms with van der Waals surface area (Å²) in [6, 6.07) is 7.79. The molecule has 190 valence electrons. The van der Waals surface area contributed by atoms with Crippen LogP contribution in [0.5, 0.6) is 11.5 Å². The molecule has 2 atom stereocenters. The molecule has 0 bridgehead atoms. The zero-order valence-corrected chi connectivity index (χ0v) is 21.6. The average Bonchev–Trinajstić information content (AvgIpc) is 3.22. The highest BCUT2D eigenvalue weighted by atomic mass is 35.5. The van der Waals surface area contributed by atoms with Crippen LogP contribution in [0, 0.1) is 0 Å². The van der Waals surface area contributed by atoms with Crippen LogP contribution in [0.2, 0.25) is 5.02 Å². The highest BCUT2D eigenvalue weighted by molar-refractivity contribution is 6.32. The molecule has 0 spiro atoms. The number of halogens is 1. The van der Waals surface area contributed by atoms with Gasteiger partial charge in [0, 0.05) is 36.0 Å². The first-order valence-electron chi connectivity index (χ1n) is 12.4. The van der Waals surface area contributed by atoms with Crippen molar-refractivity contribution in [3.8, 4) is 22.8 Å². The number of pyridine rings is 1. The quantitative estimate of drug-likeness (QED) is 0.414. The van der Waals surface area contributed by atoms with Crippen molar-refractivity contribution in [1.82, 2.24) is 20.2 Å². The molecule has 5 rings (SSSR count). The summed E-state index contributed by atoms with van der Waals surface area (Å²) in [4.78, 5) is 23.4. The van der Waals surface area contributed by atoms with E-state index in [2.05, 4.69) is 32.5 Å². The number of likely N-dealkylation sites (tertiary alicyclic amines) is 1. The Morgan fingerprint density at radius 2 is 2.14 bits per heavy atom. The van der Waals surface area contributed by atoms with Gasteiger partial charge in [-0.25, -0.2) is 0 Å². The number of carbonyl (C=O) groups excluding carboxylic acids is 1. The number of nitrogens with zero attached hydrogens (tertiary/aromatic N) is 2. The van der Waals surface area contributed by atoms with Crippen molar-refractivity contribution in [2.75, 3.05) is 32.6 Å². The monoisotopic (exact) mass is 509 g/mol. The maximum Gasteiger partial charge on any atom is 0.255 e. The summed E-state index contributed by atoms with van der Waals surface area (Å²) in [6.07, 6.45) is 7.72. The van der Waals surface area contributed by atoms with E-state index < -0.39 is 0 Å². The average molecular weight is 510 g/mol. The van der Waals surface area contributed by atoms with E-state index in [-0.39, 0.29) is 11.9 Å². The number of rotatable bonds is 7. The summed E-state index contributed by atoms with van der Waals surface area (Å²) in [5, 5.41) is 6.97. The third-order valence-electron chi connectivity index (χ3n) is 7.03. The number of hydrogen-bond donors (Lipinski definition) is 3. The number of piperidine rings is 1. The van der Waals surface area contributed by atoms with Crippen LogP contribution in [0.25, 0.3) is 11.3 Å². The van der Waals surface area contributed by atoms with E-state index in [9.17, 15) is 4.79 Å². The first-order valence-corrected chi connectivity index (χ1v) is 12.8. The van der Waals surface area contributed by atoms with Crippen molar-refractivity contribution in [2.45, 2.75) is 44.7 Å². The van der Waals surface area contributed by atoms with Gasteiger partial charge in [-0.15, -0.1) is 0 Å². The molecule has 1 saturated heterocycles. The fourth-order valence-corrected chi connectivity index (χ4v) is 5.38. The Labute approximate surface area is 216 Å². The van der Waals surface area contributed by atoms with E-state index in [1.165, 1.54) is 12.8 Å². The topological polar surface area (TPSA) is 91.5 Å². The molecular weight excluding hydrogens is 478 g/mol. The Morgan fingerprint density at radius 1 is 1.28 bits per heavy atom. The normalized spacial score (nSPS) is 19.9. The molecule has 36 heavy (non-hydrogen) atoms. The number of aromatic amines is 1. The minimum atomic E-state index is -0.130. The zero-order valence-electron chi connectivity index (χ0n) is 20.9. The maximum absolute atomic E-state index is 13.1. The van der Waals surface area contributed by atoms with Gasteiger partial charge in [-0.05, 0) is 51.6 Å². The van der Waals surface area contributed by atoms with Crippen molar-refractivity contribution in [3.63, 3.8) is 0 Å². The Balaban J connectivity index is 1.56. The SMILES string of the molecule is COc1c(Cl)cccc1Nc1c(-c2ccncc2OC[C@H]2CCCCN2C)[nH]c2c1C(=O)N[C@H](C)C2. The van der Waals surface area contributed by atoms with Crippen molar-refractivity contribution in [2.24, 2.45) is 0 Å². The van der Waals surface area contributed by atoms with E-state index in [0.717, 1.165) is 29.9 Å². The molecule has 1 fully saturated rings. The molecule has 4 heterocycles. The molecule has 9 heteroatoms. The van der Waals surface area contributed by atoms with Crippen LogP contribution >= 0.6 is 11.6 Å². The van der Waals surface area contributed by atoms with Crippen LogP contribution < -0.4 is 20.1 Å². The van der Waals surface area contributed by atoms with Gasteiger partial charge >= 0.3 is 0 Å². The smallest absolute Gasteiger partial charge is 0.255 e. The standard InChI is InChI=1S/C27H32ClN5O3/c1-16-13-21-23(27(34)30-16)25(31-20-9-6-8-19(28)26(20)35-3)24(32-21)18-10-11-29-14-22(18)36-15-17-7-4-5-12-33(17)2/h6,8-11,14,16-17,31-32H,4-5,7,12-13,15H2,1-3H3,(H,30,34)/t16-,17-/m1/s1. The number of anilines is 2. The first kappa shape index (κ1) is 24.5. The van der Waals surface area contributed by atoms with E-state index in [1.54, 1.807) is 25.6 Å². The summed E-state index contributed by atoms with van der Waals surface area (Å²) in [7, 11) is 3.72. The Kier molecular flexibility index (Phi) is 7.07. The van der Waals surface area contributed by atoms with Crippen LogP contribution in [0.4, 0.5) is 11.4 Å². The number of nitrogens with one attached hydrogen (secondary N) is 3. The second-order valence-electron chi connectivity index (χ2n) is 9.57. The number of amides is 1. The summed E-state index contributed by atoms with van der Waals surface area (Å²) in [6.45, 7) is 3.66. The summed E-state index contributed by atoms with van der Waals surface area (Å²) in [5.41, 5.74) is 4.38. The minimum Gasteiger partial charge on any atom is -0.493 e. The highest BCUT2D eigenvalue weighted by Crippen LogP contribution is 2.43. The van der Waals surface area contributed by atoms with E-state index in [4.69, 9.17) is 21.1 Å². The number of benzene rings is 1. The third kappa shape index (κ3) is 4.75. The van der Waals surface area contributed by atoms with Crippen LogP contribution in [-0.2, 0) is 6.42 Å². The summed E-state index contributed by atoms with van der Waals surface area (Å²) in [5.74, 6) is 1.05. The van der Waals surface area contributed by atoms with Gasteiger partial charge in [0.2, 0.25) is 0 Å². The summed E-state index contributed by atoms with van der Waals surface area (Å²) < 4.78 is 11.9. The van der Waals surface area contributed by atoms with E-state index in [0.29, 0.717) is 52.5 Å². The Bertz CT molecular complexity index is 1260. The number of aromatic nitrogens is 2. The molecule has 2 aliphatic heterocycles. The largest absolute Gasteiger partial charge is 0.493 e. The third-order valence-corrected chi connectivity index (χ3v) is 7.33. The number of para-hydroxylation sites is 1. The van der Waals surface area contributed by atoms with Crippen LogP contribution in [-0.4, -0.2) is 60.2 Å². The predicted molar refractivity (Wildman–Crippen MR) is 142 cm³/mol. The molecule has 0 aliphatic carbocycles. The van der Waals surface area contributed by atoms with Gasteiger partial charge in [-0.1, -0.05) is 24.1 Å². The number of fused-ring (bicyclic) bond motifs is 1. The van der Waals surface area contributed by atoms with Gasteiger partial charge in [-0.2, -0.15) is 0 Å². The molecule has 2 aromatic heterocycles. The molecule has 2 aliphatic rings. The Morgan fingerprint density at radius 3 is 2.94 bits per heavy atom. The number of methoxy groups -OCH3 is 1. The number of carbonyl (C=O) groups is 1. The molecule has 3 aromatic rings. The van der Waals surface area contributed by atoms with Crippen LogP contribution in [0.1, 0.15) is 42.2 Å². The number of hydrogen-bond acceptors (Lipinski definition) is 6. The lowest BCUT2D eigenvalue weighted by atomic mass is 10.0. The van der Waals surface area contributed by atoms with Gasteiger partial charge in [0.05, 0.1) is 41.0 Å². The first-order chi connectivity index (χ1) is 17.5. The maximum atomic E-state index is 13.1. The van der Waals surface area contributed by atoms with Crippen LogP contribution in [0.15, 0.2) is 36.7 Å².